The van der Waals surface area contributed by atoms with Gasteiger partial charge >= 0.3 is 6.18 Å². The Labute approximate surface area is 212 Å². The van der Waals surface area contributed by atoms with E-state index in [9.17, 15) is 33.4 Å². The largest absolute Gasteiger partial charge is 0.504 e. The predicted molar refractivity (Wildman–Crippen MR) is 124 cm³/mol. The van der Waals surface area contributed by atoms with E-state index < -0.39 is 23.9 Å². The lowest BCUT2D eigenvalue weighted by atomic mass is 9.93. The highest BCUT2D eigenvalue weighted by Gasteiger charge is 2.44. The van der Waals surface area contributed by atoms with Gasteiger partial charge in [0.2, 0.25) is 5.91 Å². The van der Waals surface area contributed by atoms with Crippen LogP contribution in [0.1, 0.15) is 24.8 Å². The number of hydrogen-bond donors (Lipinski definition) is 5. The second-order valence-corrected chi connectivity index (χ2v) is 9.69. The van der Waals surface area contributed by atoms with Crippen molar-refractivity contribution < 1.29 is 28.2 Å². The molecule has 1 fully saturated rings. The van der Waals surface area contributed by atoms with Gasteiger partial charge in [0.05, 0.1) is 11.9 Å². The van der Waals surface area contributed by atoms with Crippen molar-refractivity contribution in [2.45, 2.75) is 48.1 Å². The van der Waals surface area contributed by atoms with Crippen LogP contribution in [-0.4, -0.2) is 65.8 Å². The molecule has 1 saturated heterocycles. The zero-order chi connectivity index (χ0) is 26.9. The Morgan fingerprint density at radius 3 is 2.65 bits per heavy atom. The molecule has 2 aromatic heterocycles. The van der Waals surface area contributed by atoms with Crippen LogP contribution in [0.3, 0.4) is 0 Å². The lowest BCUT2D eigenvalue weighted by molar-refractivity contribution is -0.170. The summed E-state index contributed by atoms with van der Waals surface area (Å²) >= 11 is 1.05. The molecule has 1 unspecified atom stereocenters. The number of phenolic OH excluding ortho intramolecular Hbond substituents is 2. The van der Waals surface area contributed by atoms with E-state index >= 15 is 0 Å². The number of rotatable bonds is 6. The van der Waals surface area contributed by atoms with Crippen LogP contribution in [0, 0.1) is 22.7 Å². The molecule has 15 heteroatoms. The Morgan fingerprint density at radius 2 is 2.00 bits per heavy atom. The fourth-order valence-electron chi connectivity index (χ4n) is 4.11. The number of carbonyl (C=O) groups excluding carboxylic acids is 1. The third-order valence-electron chi connectivity index (χ3n) is 6.23. The molecule has 196 valence electrons. The van der Waals surface area contributed by atoms with Gasteiger partial charge in [0.15, 0.2) is 33.8 Å². The van der Waals surface area contributed by atoms with E-state index in [1.54, 1.807) is 4.57 Å². The molecule has 6 N–H and O–H groups in total. The Morgan fingerprint density at radius 1 is 1.32 bits per heavy atom. The van der Waals surface area contributed by atoms with E-state index in [1.165, 1.54) is 12.4 Å². The van der Waals surface area contributed by atoms with Crippen molar-refractivity contribution in [1.82, 2.24) is 24.4 Å². The van der Waals surface area contributed by atoms with Gasteiger partial charge in [-0.2, -0.15) is 18.4 Å². The monoisotopic (exact) mass is 536 g/mol. The van der Waals surface area contributed by atoms with E-state index in [0.29, 0.717) is 47.0 Å². The Hall–Kier alpha value is -3.77. The number of fused-ring (bicyclic) bond motifs is 1. The fourth-order valence-corrected chi connectivity index (χ4v) is 4.99. The lowest BCUT2D eigenvalue weighted by Gasteiger charge is -2.34. The summed E-state index contributed by atoms with van der Waals surface area (Å²) in [4.78, 5) is 25.1. The van der Waals surface area contributed by atoms with Crippen LogP contribution < -0.4 is 11.2 Å². The van der Waals surface area contributed by atoms with Crippen molar-refractivity contribution >= 4 is 28.8 Å². The first-order valence-electron chi connectivity index (χ1n) is 11.2. The van der Waals surface area contributed by atoms with Gasteiger partial charge in [0, 0.05) is 30.6 Å². The summed E-state index contributed by atoms with van der Waals surface area (Å²) in [6.07, 6.45) is -1.56. The number of alkyl halides is 3. The number of nitrogens with one attached hydrogen (secondary N) is 2. The minimum Gasteiger partial charge on any atom is -0.504 e. The summed E-state index contributed by atoms with van der Waals surface area (Å²) in [6.45, 7) is 0.866. The number of amides is 1. The number of halogens is 3. The quantitative estimate of drug-likeness (QED) is 0.297. The van der Waals surface area contributed by atoms with Crippen molar-refractivity contribution in [2.24, 2.45) is 11.7 Å². The molecule has 1 atom stereocenters. The number of aromatic amines is 1. The van der Waals surface area contributed by atoms with Gasteiger partial charge in [-0.15, -0.1) is 0 Å². The van der Waals surface area contributed by atoms with Crippen LogP contribution in [0.4, 0.5) is 13.2 Å². The minimum atomic E-state index is -4.77. The van der Waals surface area contributed by atoms with Crippen LogP contribution in [-0.2, 0) is 11.3 Å². The van der Waals surface area contributed by atoms with Crippen molar-refractivity contribution in [3.05, 3.63) is 29.5 Å². The number of H-pyrrole nitrogens is 1. The van der Waals surface area contributed by atoms with Gasteiger partial charge in [-0.3, -0.25) is 10.2 Å². The molecule has 0 aliphatic carbocycles. The average Bonchev–Trinajstić information content (AvgIpc) is 3.29. The number of benzene rings is 1. The number of piperidine rings is 1. The second-order valence-electron chi connectivity index (χ2n) is 8.65. The molecule has 0 spiro atoms. The number of imidazole rings is 1. The molecule has 11 nitrogen and oxygen atoms in total. The van der Waals surface area contributed by atoms with E-state index in [2.05, 4.69) is 15.0 Å². The summed E-state index contributed by atoms with van der Waals surface area (Å²) in [7, 11) is 0. The van der Waals surface area contributed by atoms with Gasteiger partial charge in [0.25, 0.3) is 0 Å². The number of aromatic nitrogens is 4. The predicted octanol–water partition coefficient (Wildman–Crippen LogP) is 2.19. The summed E-state index contributed by atoms with van der Waals surface area (Å²) in [5.74, 6) is -1.75. The lowest BCUT2D eigenvalue weighted by Crippen LogP contribution is -2.53. The van der Waals surface area contributed by atoms with E-state index in [0.717, 1.165) is 22.7 Å². The first-order chi connectivity index (χ1) is 17.5. The summed E-state index contributed by atoms with van der Waals surface area (Å²) in [5, 5.41) is 37.2. The topological polar surface area (TPSA) is 181 Å². The SMILES string of the molecule is N#Cc1cc(O)c(O)cc1Sc1nc2c([nH]1)c(=N)ncn2CCC1CCN(C(=O)C(N)C(F)(F)F)CC1. The highest BCUT2D eigenvalue weighted by atomic mass is 32.2. The average molecular weight is 537 g/mol. The first kappa shape index (κ1) is 26.3. The molecule has 3 aromatic rings. The molecule has 3 heterocycles. The molecular formula is C22H23F3N8O3S. The number of aryl methyl sites for hydroxylation is 1. The normalized spacial score (nSPS) is 15.6. The molecule has 1 aromatic carbocycles. The van der Waals surface area contributed by atoms with E-state index in [1.807, 2.05) is 6.07 Å². The summed E-state index contributed by atoms with van der Waals surface area (Å²) in [5.41, 5.74) is 5.97. The Balaban J connectivity index is 1.44. The second kappa shape index (κ2) is 10.3. The highest BCUT2D eigenvalue weighted by Crippen LogP contribution is 2.36. The number of carbonyl (C=O) groups is 1. The number of nitriles is 1. The Bertz CT molecular complexity index is 1420. The van der Waals surface area contributed by atoms with Crippen LogP contribution in [0.25, 0.3) is 11.2 Å². The van der Waals surface area contributed by atoms with Crippen molar-refractivity contribution in [2.75, 3.05) is 13.1 Å². The van der Waals surface area contributed by atoms with E-state index in [4.69, 9.17) is 11.1 Å². The molecule has 1 amide bonds. The van der Waals surface area contributed by atoms with Crippen molar-refractivity contribution in [1.29, 1.82) is 10.7 Å². The third-order valence-corrected chi connectivity index (χ3v) is 7.17. The zero-order valence-electron chi connectivity index (χ0n) is 19.3. The van der Waals surface area contributed by atoms with Crippen LogP contribution >= 0.6 is 11.8 Å². The molecule has 1 aliphatic rings. The van der Waals surface area contributed by atoms with Crippen molar-refractivity contribution in [3.8, 4) is 17.6 Å². The van der Waals surface area contributed by atoms with Gasteiger partial charge < -0.3 is 30.4 Å². The number of nitrogens with zero attached hydrogens (tertiary/aromatic N) is 5. The zero-order valence-corrected chi connectivity index (χ0v) is 20.1. The van der Waals surface area contributed by atoms with Crippen molar-refractivity contribution in [3.63, 3.8) is 0 Å². The fraction of sp³-hybridized carbons (Fsp3) is 0.409. The Kier molecular flexibility index (Phi) is 7.32. The molecule has 1 aliphatic heterocycles. The van der Waals surface area contributed by atoms with Crippen LogP contribution in [0.5, 0.6) is 11.5 Å². The third kappa shape index (κ3) is 5.65. The van der Waals surface area contributed by atoms with Gasteiger partial charge in [-0.1, -0.05) is 11.8 Å². The molecule has 0 bridgehead atoms. The number of nitrogens with two attached hydrogens (primary N) is 1. The van der Waals surface area contributed by atoms with E-state index in [-0.39, 0.29) is 35.8 Å². The van der Waals surface area contributed by atoms with Crippen LogP contribution in [0.2, 0.25) is 0 Å². The summed E-state index contributed by atoms with van der Waals surface area (Å²) < 4.78 is 40.0. The molecule has 4 rings (SSSR count). The first-order valence-corrected chi connectivity index (χ1v) is 12.0. The number of phenols is 2. The van der Waals surface area contributed by atoms with Gasteiger partial charge in [-0.05, 0) is 31.2 Å². The molecular weight excluding hydrogens is 513 g/mol. The maximum atomic E-state index is 12.8. The van der Waals surface area contributed by atoms with Gasteiger partial charge in [0.1, 0.15) is 11.6 Å². The number of hydrogen-bond acceptors (Lipinski definition) is 9. The number of likely N-dealkylation sites (tertiary alicyclic amines) is 1. The maximum Gasteiger partial charge on any atom is 0.412 e. The smallest absolute Gasteiger partial charge is 0.412 e. The standard InChI is InChI=1S/C22H23F3N8O3S/c23-22(24,25)17(27)20(36)32-4-1-11(2-5-32)3-6-33-10-29-18(28)16-19(33)31-21(30-16)37-15-8-14(35)13(34)7-12(15)9-26/h7-8,10-11,17,28,34-35H,1-6,27H2,(H,30,31). The molecule has 37 heavy (non-hydrogen) atoms. The summed E-state index contributed by atoms with van der Waals surface area (Å²) in [6, 6.07) is 1.83. The minimum absolute atomic E-state index is 0.0347. The number of aromatic hydroxyl groups is 2. The highest BCUT2D eigenvalue weighted by molar-refractivity contribution is 7.99. The van der Waals surface area contributed by atoms with Gasteiger partial charge in [-0.25, -0.2) is 9.97 Å². The molecule has 0 radical (unpaired) electrons. The maximum absolute atomic E-state index is 12.8. The van der Waals surface area contributed by atoms with Crippen LogP contribution in [0.15, 0.2) is 28.5 Å². The molecule has 0 saturated carbocycles.